The number of hydrogen-bond acceptors (Lipinski definition) is 3. The van der Waals surface area contributed by atoms with Gasteiger partial charge < -0.3 is 5.32 Å². The van der Waals surface area contributed by atoms with Gasteiger partial charge in [0.25, 0.3) is 0 Å². The number of pyridine rings is 1. The lowest BCUT2D eigenvalue weighted by Crippen LogP contribution is -2.28. The average Bonchev–Trinajstić information content (AvgIpc) is 2.84. The number of carbonyl (C=O) groups is 1. The van der Waals surface area contributed by atoms with Gasteiger partial charge in [0.1, 0.15) is 0 Å². The van der Waals surface area contributed by atoms with Crippen molar-refractivity contribution in [1.82, 2.24) is 20.5 Å². The Bertz CT molecular complexity index is 601. The second-order valence-corrected chi connectivity index (χ2v) is 5.94. The molecule has 0 aliphatic heterocycles. The van der Waals surface area contributed by atoms with Gasteiger partial charge in [0.15, 0.2) is 0 Å². The third-order valence-electron chi connectivity index (χ3n) is 4.05. The van der Waals surface area contributed by atoms with Gasteiger partial charge in [0, 0.05) is 31.1 Å². The first-order chi connectivity index (χ1) is 10.5. The number of nitrogens with zero attached hydrogens (tertiary/aromatic N) is 2. The molecule has 0 unspecified atom stereocenters. The van der Waals surface area contributed by atoms with Gasteiger partial charge in [0.05, 0.1) is 5.69 Å². The highest BCUT2D eigenvalue weighted by molar-refractivity contribution is 5.77. The number of aryl methyl sites for hydroxylation is 2. The van der Waals surface area contributed by atoms with Crippen LogP contribution in [-0.2, 0) is 4.79 Å². The Kier molecular flexibility index (Phi) is 5.31. The number of H-pyrrole nitrogens is 1. The highest BCUT2D eigenvalue weighted by atomic mass is 16.1. The summed E-state index contributed by atoms with van der Waals surface area (Å²) in [7, 11) is 0. The van der Waals surface area contributed by atoms with E-state index >= 15 is 0 Å². The van der Waals surface area contributed by atoms with Crippen LogP contribution in [0.25, 0.3) is 0 Å². The van der Waals surface area contributed by atoms with E-state index in [9.17, 15) is 4.79 Å². The van der Waals surface area contributed by atoms with Crippen molar-refractivity contribution in [2.45, 2.75) is 46.0 Å². The minimum atomic E-state index is 0.0772. The molecule has 22 heavy (non-hydrogen) atoms. The molecule has 118 valence electrons. The maximum Gasteiger partial charge on any atom is 0.220 e. The number of rotatable bonds is 6. The molecule has 2 atom stereocenters. The molecule has 0 spiro atoms. The molecule has 2 rings (SSSR count). The van der Waals surface area contributed by atoms with Gasteiger partial charge >= 0.3 is 0 Å². The van der Waals surface area contributed by atoms with Gasteiger partial charge in [-0.2, -0.15) is 5.10 Å². The van der Waals surface area contributed by atoms with Gasteiger partial charge in [-0.3, -0.25) is 14.9 Å². The second-order valence-electron chi connectivity index (χ2n) is 5.94. The summed E-state index contributed by atoms with van der Waals surface area (Å²) in [6, 6.07) is 3.97. The molecule has 0 radical (unpaired) electrons. The number of carbonyl (C=O) groups excluding carboxylic acids is 1. The van der Waals surface area contributed by atoms with Crippen LogP contribution in [0.2, 0.25) is 0 Å². The summed E-state index contributed by atoms with van der Waals surface area (Å²) in [5, 5.41) is 10.2. The van der Waals surface area contributed by atoms with Crippen LogP contribution in [0.3, 0.4) is 0 Å². The van der Waals surface area contributed by atoms with Crippen LogP contribution < -0.4 is 5.32 Å². The van der Waals surface area contributed by atoms with Crippen LogP contribution in [-0.4, -0.2) is 27.6 Å². The minimum Gasteiger partial charge on any atom is -0.355 e. The zero-order valence-electron chi connectivity index (χ0n) is 13.7. The third kappa shape index (κ3) is 3.93. The monoisotopic (exact) mass is 300 g/mol. The van der Waals surface area contributed by atoms with Crippen LogP contribution in [0.5, 0.6) is 0 Å². The Morgan fingerprint density at radius 2 is 1.91 bits per heavy atom. The molecule has 1 amide bonds. The number of aromatic nitrogens is 3. The third-order valence-corrected chi connectivity index (χ3v) is 4.05. The summed E-state index contributed by atoms with van der Waals surface area (Å²) in [6.45, 7) is 8.77. The number of aromatic amines is 1. The summed E-state index contributed by atoms with van der Waals surface area (Å²) in [6.07, 6.45) is 4.03. The van der Waals surface area contributed by atoms with E-state index in [0.717, 1.165) is 17.0 Å². The normalized spacial score (nSPS) is 13.6. The lowest BCUT2D eigenvalue weighted by Gasteiger charge is -2.15. The Morgan fingerprint density at radius 1 is 1.23 bits per heavy atom. The standard InChI is InChI=1S/C17H24N4O/c1-11(17-13(3)20-21-14(17)4)9-16(22)19-10-12(2)15-5-7-18-8-6-15/h5-8,11-12H,9-10H2,1-4H3,(H,19,22)(H,20,21)/t11-,12-/m0/s1. The summed E-state index contributed by atoms with van der Waals surface area (Å²) >= 11 is 0. The summed E-state index contributed by atoms with van der Waals surface area (Å²) in [5.74, 6) is 0.517. The highest BCUT2D eigenvalue weighted by Gasteiger charge is 2.18. The Labute approximate surface area is 131 Å². The van der Waals surface area contributed by atoms with Crippen molar-refractivity contribution in [2.75, 3.05) is 6.54 Å². The zero-order chi connectivity index (χ0) is 16.1. The van der Waals surface area contributed by atoms with Crippen molar-refractivity contribution in [3.63, 3.8) is 0 Å². The molecule has 5 heteroatoms. The minimum absolute atomic E-state index is 0.0772. The van der Waals surface area contributed by atoms with E-state index in [1.807, 2.05) is 26.0 Å². The fraction of sp³-hybridized carbons (Fsp3) is 0.471. The van der Waals surface area contributed by atoms with Gasteiger partial charge in [0.2, 0.25) is 5.91 Å². The van der Waals surface area contributed by atoms with Crippen LogP contribution in [0.1, 0.15) is 54.6 Å². The first-order valence-corrected chi connectivity index (χ1v) is 7.67. The first kappa shape index (κ1) is 16.2. The Balaban J connectivity index is 1.86. The van der Waals surface area contributed by atoms with Crippen molar-refractivity contribution in [2.24, 2.45) is 0 Å². The van der Waals surface area contributed by atoms with Crippen molar-refractivity contribution >= 4 is 5.91 Å². The van der Waals surface area contributed by atoms with Crippen LogP contribution in [0, 0.1) is 13.8 Å². The van der Waals surface area contributed by atoms with Crippen molar-refractivity contribution in [3.8, 4) is 0 Å². The number of hydrogen-bond donors (Lipinski definition) is 2. The Morgan fingerprint density at radius 3 is 2.50 bits per heavy atom. The molecule has 0 aliphatic rings. The predicted octanol–water partition coefficient (Wildman–Crippen LogP) is 2.84. The quantitative estimate of drug-likeness (QED) is 0.861. The lowest BCUT2D eigenvalue weighted by molar-refractivity contribution is -0.121. The molecule has 2 aromatic rings. The first-order valence-electron chi connectivity index (χ1n) is 7.67. The lowest BCUT2D eigenvalue weighted by atomic mass is 9.95. The maximum atomic E-state index is 12.2. The Hall–Kier alpha value is -2.17. The van der Waals surface area contributed by atoms with E-state index in [2.05, 4.69) is 34.3 Å². The van der Waals surface area contributed by atoms with Crippen LogP contribution >= 0.6 is 0 Å². The molecule has 2 aromatic heterocycles. The van der Waals surface area contributed by atoms with E-state index in [1.165, 1.54) is 5.56 Å². The largest absolute Gasteiger partial charge is 0.355 e. The molecule has 2 N–H and O–H groups in total. The fourth-order valence-electron chi connectivity index (χ4n) is 2.81. The molecular formula is C17H24N4O. The predicted molar refractivity (Wildman–Crippen MR) is 86.8 cm³/mol. The van der Waals surface area contributed by atoms with E-state index in [1.54, 1.807) is 12.4 Å². The average molecular weight is 300 g/mol. The molecule has 0 fully saturated rings. The van der Waals surface area contributed by atoms with Crippen molar-refractivity contribution in [1.29, 1.82) is 0 Å². The van der Waals surface area contributed by atoms with Gasteiger partial charge in [-0.1, -0.05) is 13.8 Å². The fourth-order valence-corrected chi connectivity index (χ4v) is 2.81. The highest BCUT2D eigenvalue weighted by Crippen LogP contribution is 2.24. The molecule has 0 bridgehead atoms. The summed E-state index contributed by atoms with van der Waals surface area (Å²) in [4.78, 5) is 16.2. The molecular weight excluding hydrogens is 276 g/mol. The van der Waals surface area contributed by atoms with E-state index in [0.29, 0.717) is 13.0 Å². The molecule has 0 aromatic carbocycles. The van der Waals surface area contributed by atoms with Crippen LogP contribution in [0.15, 0.2) is 24.5 Å². The molecule has 0 saturated heterocycles. The number of nitrogens with one attached hydrogen (secondary N) is 2. The number of amides is 1. The van der Waals surface area contributed by atoms with E-state index in [-0.39, 0.29) is 17.7 Å². The second kappa shape index (κ2) is 7.20. The van der Waals surface area contributed by atoms with Crippen LogP contribution in [0.4, 0.5) is 0 Å². The van der Waals surface area contributed by atoms with Gasteiger partial charge in [-0.15, -0.1) is 0 Å². The van der Waals surface area contributed by atoms with Gasteiger partial charge in [-0.25, -0.2) is 0 Å². The topological polar surface area (TPSA) is 70.7 Å². The van der Waals surface area contributed by atoms with E-state index in [4.69, 9.17) is 0 Å². The van der Waals surface area contributed by atoms with Gasteiger partial charge in [-0.05, 0) is 48.9 Å². The summed E-state index contributed by atoms with van der Waals surface area (Å²) < 4.78 is 0. The smallest absolute Gasteiger partial charge is 0.220 e. The molecule has 2 heterocycles. The molecule has 0 aliphatic carbocycles. The van der Waals surface area contributed by atoms with Crippen molar-refractivity contribution < 1.29 is 4.79 Å². The molecule has 0 saturated carbocycles. The molecule has 5 nitrogen and oxygen atoms in total. The SMILES string of the molecule is Cc1n[nH]c(C)c1[C@@H](C)CC(=O)NC[C@H](C)c1ccncc1. The van der Waals surface area contributed by atoms with E-state index < -0.39 is 0 Å². The zero-order valence-corrected chi connectivity index (χ0v) is 13.7. The van der Waals surface area contributed by atoms with Crippen molar-refractivity contribution in [3.05, 3.63) is 47.0 Å². The summed E-state index contributed by atoms with van der Waals surface area (Å²) in [5.41, 5.74) is 4.35. The maximum absolute atomic E-state index is 12.2.